The van der Waals surface area contributed by atoms with Gasteiger partial charge in [-0.05, 0) is 24.5 Å². The zero-order valence-electron chi connectivity index (χ0n) is 9.23. The Kier molecular flexibility index (Phi) is 3.99. The number of ether oxygens (including phenoxy) is 1. The van der Waals surface area contributed by atoms with Crippen molar-refractivity contribution in [2.24, 2.45) is 0 Å². The smallest absolute Gasteiger partial charge is 0.305 e. The van der Waals surface area contributed by atoms with Crippen LogP contribution in [0.4, 0.5) is 5.69 Å². The molecule has 0 saturated carbocycles. The number of aryl methyl sites for hydroxylation is 2. The second-order valence-corrected chi connectivity index (χ2v) is 3.44. The fourth-order valence-corrected chi connectivity index (χ4v) is 1.41. The molecular formula is C11H13NO4. The fourth-order valence-electron chi connectivity index (χ4n) is 1.41. The van der Waals surface area contributed by atoms with Crippen LogP contribution < -0.4 is 0 Å². The maximum absolute atomic E-state index is 10.9. The van der Waals surface area contributed by atoms with Crippen molar-refractivity contribution in [1.82, 2.24) is 0 Å². The van der Waals surface area contributed by atoms with Crippen LogP contribution in [0.3, 0.4) is 0 Å². The Morgan fingerprint density at radius 3 is 2.69 bits per heavy atom. The average Bonchev–Trinajstić information content (AvgIpc) is 2.26. The number of methoxy groups -OCH3 is 1. The number of benzene rings is 1. The molecule has 16 heavy (non-hydrogen) atoms. The molecule has 0 unspecified atom stereocenters. The van der Waals surface area contributed by atoms with Crippen LogP contribution in [0.15, 0.2) is 18.2 Å². The van der Waals surface area contributed by atoms with E-state index in [-0.39, 0.29) is 18.1 Å². The molecule has 0 heterocycles. The first kappa shape index (κ1) is 12.2. The van der Waals surface area contributed by atoms with Crippen molar-refractivity contribution < 1.29 is 14.5 Å². The van der Waals surface area contributed by atoms with E-state index in [1.54, 1.807) is 13.0 Å². The number of carbonyl (C=O) groups excluding carboxylic acids is 1. The normalized spacial score (nSPS) is 9.88. The van der Waals surface area contributed by atoms with Crippen molar-refractivity contribution in [2.45, 2.75) is 19.8 Å². The third-order valence-corrected chi connectivity index (χ3v) is 2.36. The van der Waals surface area contributed by atoms with Gasteiger partial charge in [0.25, 0.3) is 5.69 Å². The van der Waals surface area contributed by atoms with E-state index >= 15 is 0 Å². The topological polar surface area (TPSA) is 69.4 Å². The monoisotopic (exact) mass is 223 g/mol. The van der Waals surface area contributed by atoms with Crippen LogP contribution in [0.1, 0.15) is 17.5 Å². The molecule has 1 aromatic rings. The van der Waals surface area contributed by atoms with E-state index in [9.17, 15) is 14.9 Å². The molecule has 0 aliphatic heterocycles. The lowest BCUT2D eigenvalue weighted by Gasteiger charge is -2.04. The first-order valence-corrected chi connectivity index (χ1v) is 4.85. The largest absolute Gasteiger partial charge is 0.469 e. The Labute approximate surface area is 93.2 Å². The number of non-ortho nitro benzene ring substituents is 1. The van der Waals surface area contributed by atoms with Gasteiger partial charge >= 0.3 is 5.97 Å². The Bertz CT molecular complexity index is 414. The van der Waals surface area contributed by atoms with E-state index in [2.05, 4.69) is 4.74 Å². The van der Waals surface area contributed by atoms with E-state index in [0.29, 0.717) is 6.42 Å². The molecule has 1 aromatic carbocycles. The van der Waals surface area contributed by atoms with Gasteiger partial charge in [-0.15, -0.1) is 0 Å². The molecule has 0 radical (unpaired) electrons. The predicted molar refractivity (Wildman–Crippen MR) is 58.2 cm³/mol. The van der Waals surface area contributed by atoms with E-state index in [0.717, 1.165) is 11.1 Å². The second kappa shape index (κ2) is 5.25. The summed E-state index contributed by atoms with van der Waals surface area (Å²) in [6, 6.07) is 4.63. The van der Waals surface area contributed by atoms with Gasteiger partial charge < -0.3 is 4.74 Å². The zero-order valence-corrected chi connectivity index (χ0v) is 9.23. The van der Waals surface area contributed by atoms with Crippen LogP contribution in [0.2, 0.25) is 0 Å². The van der Waals surface area contributed by atoms with Crippen molar-refractivity contribution in [3.63, 3.8) is 0 Å². The molecule has 0 fully saturated rings. The van der Waals surface area contributed by atoms with Crippen LogP contribution in [-0.2, 0) is 16.0 Å². The van der Waals surface area contributed by atoms with Gasteiger partial charge in [0, 0.05) is 18.6 Å². The molecule has 0 N–H and O–H groups in total. The quantitative estimate of drug-likeness (QED) is 0.444. The molecule has 0 aliphatic carbocycles. The lowest BCUT2D eigenvalue weighted by Crippen LogP contribution is -2.03. The predicted octanol–water partition coefficient (Wildman–Crippen LogP) is 2.01. The molecule has 0 aromatic heterocycles. The maximum atomic E-state index is 10.9. The van der Waals surface area contributed by atoms with E-state index in [1.165, 1.54) is 19.2 Å². The van der Waals surface area contributed by atoms with E-state index in [1.807, 2.05) is 0 Å². The molecule has 0 aliphatic rings. The number of rotatable bonds is 4. The SMILES string of the molecule is COC(=O)CCc1ccc([N+](=O)[O-])cc1C. The molecule has 0 atom stereocenters. The third-order valence-electron chi connectivity index (χ3n) is 2.36. The van der Waals surface area contributed by atoms with Gasteiger partial charge in [0.15, 0.2) is 0 Å². The Balaban J connectivity index is 2.75. The van der Waals surface area contributed by atoms with Gasteiger partial charge in [-0.2, -0.15) is 0 Å². The number of esters is 1. The van der Waals surface area contributed by atoms with Gasteiger partial charge in [-0.3, -0.25) is 14.9 Å². The van der Waals surface area contributed by atoms with Crippen LogP contribution in [0, 0.1) is 17.0 Å². The summed E-state index contributed by atoms with van der Waals surface area (Å²) in [5.74, 6) is -0.280. The van der Waals surface area contributed by atoms with Gasteiger partial charge in [0.05, 0.1) is 12.0 Å². The number of hydrogen-bond donors (Lipinski definition) is 0. The molecule has 0 spiro atoms. The summed E-state index contributed by atoms with van der Waals surface area (Å²) < 4.78 is 4.53. The molecule has 86 valence electrons. The minimum atomic E-state index is -0.433. The number of hydrogen-bond acceptors (Lipinski definition) is 4. The van der Waals surface area contributed by atoms with E-state index in [4.69, 9.17) is 0 Å². The van der Waals surface area contributed by atoms with Crippen molar-refractivity contribution in [1.29, 1.82) is 0 Å². The molecule has 5 heteroatoms. The van der Waals surface area contributed by atoms with Crippen LogP contribution in [-0.4, -0.2) is 18.0 Å². The van der Waals surface area contributed by atoms with Gasteiger partial charge in [-0.25, -0.2) is 0 Å². The number of nitrogens with zero attached hydrogens (tertiary/aromatic N) is 1. The Morgan fingerprint density at radius 2 is 2.19 bits per heavy atom. The Hall–Kier alpha value is -1.91. The van der Waals surface area contributed by atoms with E-state index < -0.39 is 4.92 Å². The molecule has 0 saturated heterocycles. The summed E-state index contributed by atoms with van der Waals surface area (Å²) in [5.41, 5.74) is 1.81. The highest BCUT2D eigenvalue weighted by molar-refractivity contribution is 5.69. The average molecular weight is 223 g/mol. The summed E-state index contributed by atoms with van der Waals surface area (Å²) in [6.45, 7) is 1.79. The number of nitro groups is 1. The minimum absolute atomic E-state index is 0.0688. The third kappa shape index (κ3) is 3.05. The van der Waals surface area contributed by atoms with Crippen LogP contribution in [0.25, 0.3) is 0 Å². The molecule has 5 nitrogen and oxygen atoms in total. The van der Waals surface area contributed by atoms with Crippen molar-refractivity contribution in [3.05, 3.63) is 39.4 Å². The van der Waals surface area contributed by atoms with Crippen LogP contribution >= 0.6 is 0 Å². The van der Waals surface area contributed by atoms with Crippen molar-refractivity contribution in [3.8, 4) is 0 Å². The molecule has 0 bridgehead atoms. The van der Waals surface area contributed by atoms with Gasteiger partial charge in [0.1, 0.15) is 0 Å². The fraction of sp³-hybridized carbons (Fsp3) is 0.364. The van der Waals surface area contributed by atoms with Gasteiger partial charge in [0.2, 0.25) is 0 Å². The maximum Gasteiger partial charge on any atom is 0.305 e. The molecular weight excluding hydrogens is 210 g/mol. The van der Waals surface area contributed by atoms with Crippen molar-refractivity contribution >= 4 is 11.7 Å². The summed E-state index contributed by atoms with van der Waals surface area (Å²) in [4.78, 5) is 21.0. The first-order chi connectivity index (χ1) is 7.54. The lowest BCUT2D eigenvalue weighted by atomic mass is 10.0. The number of nitro benzene ring substituents is 1. The summed E-state index contributed by atoms with van der Waals surface area (Å²) in [7, 11) is 1.34. The summed E-state index contributed by atoms with van der Waals surface area (Å²) in [6.07, 6.45) is 0.825. The Morgan fingerprint density at radius 1 is 1.50 bits per heavy atom. The van der Waals surface area contributed by atoms with Crippen molar-refractivity contribution in [2.75, 3.05) is 7.11 Å². The highest BCUT2D eigenvalue weighted by Crippen LogP contribution is 2.18. The minimum Gasteiger partial charge on any atom is -0.469 e. The second-order valence-electron chi connectivity index (χ2n) is 3.44. The summed E-state index contributed by atoms with van der Waals surface area (Å²) >= 11 is 0. The number of carbonyl (C=O) groups is 1. The molecule has 0 amide bonds. The van der Waals surface area contributed by atoms with Gasteiger partial charge in [-0.1, -0.05) is 6.07 Å². The molecule has 1 rings (SSSR count). The summed E-state index contributed by atoms with van der Waals surface area (Å²) in [5, 5.41) is 10.5. The standard InChI is InChI=1S/C11H13NO4/c1-8-7-10(12(14)15)5-3-9(8)4-6-11(13)16-2/h3,5,7H,4,6H2,1-2H3. The zero-order chi connectivity index (χ0) is 12.1. The first-order valence-electron chi connectivity index (χ1n) is 4.85. The lowest BCUT2D eigenvalue weighted by molar-refractivity contribution is -0.384. The highest BCUT2D eigenvalue weighted by Gasteiger charge is 2.09. The van der Waals surface area contributed by atoms with Crippen LogP contribution in [0.5, 0.6) is 0 Å². The highest BCUT2D eigenvalue weighted by atomic mass is 16.6.